The Kier molecular flexibility index (Phi) is 13.3. The molecule has 7 N–H and O–H groups in total. The van der Waals surface area contributed by atoms with Crippen LogP contribution in [0.1, 0.15) is 105 Å². The first-order chi connectivity index (χ1) is 34.2. The van der Waals surface area contributed by atoms with Crippen molar-refractivity contribution in [2.45, 2.75) is 50.6 Å². The molecule has 10 bridgehead atoms. The van der Waals surface area contributed by atoms with Gasteiger partial charge < -0.3 is 31.5 Å². The number of hydrogen-bond acceptors (Lipinski definition) is 21. The number of nitrogens with zero attached hydrogens (tertiary/aromatic N) is 8. The van der Waals surface area contributed by atoms with Crippen LogP contribution in [0.25, 0.3) is 43.4 Å². The van der Waals surface area contributed by atoms with Gasteiger partial charge in [-0.25, -0.2) is 39.7 Å². The molecule has 6 atom stereocenters. The van der Waals surface area contributed by atoms with Crippen molar-refractivity contribution in [3.8, 4) is 43.4 Å². The van der Waals surface area contributed by atoms with Crippen LogP contribution in [-0.4, -0.2) is 98.6 Å². The van der Waals surface area contributed by atoms with E-state index in [1.807, 2.05) is 0 Å². The van der Waals surface area contributed by atoms with Crippen LogP contribution in [0.2, 0.25) is 0 Å². The number of nitrogens with two attached hydrogens (primary N) is 1. The number of thiazole rings is 6. The molecule has 360 valence electrons. The van der Waals surface area contributed by atoms with E-state index in [0.29, 0.717) is 65.1 Å². The number of nitrogens with one attached hydrogen (secondary N) is 3. The van der Waals surface area contributed by atoms with Gasteiger partial charge in [-0.3, -0.25) is 29.3 Å². The second-order valence-electron chi connectivity index (χ2n) is 16.2. The number of aliphatic hydroxyl groups excluding tert-OH is 2. The molecule has 7 aromatic heterocycles. The fraction of sp³-hybridized carbons (Fsp3) is 0.222. The SMILES string of the molecule is Cc1sc2nc1C(=O)N[C@@H]([C@H](O)c1ccccc1)c1nc(cs1)C(=O)NC(=O)N1C[C@H](O)[C@H](C)[C@H]1c1nc(cs1)-c1nc(cs1)-c1nc(-c3nc(C=O)cs3)ccc1-c1nc(cs1)C(=O)N[C@H]2CC(N)=O. The van der Waals surface area contributed by atoms with Crippen LogP contribution < -0.4 is 21.7 Å². The van der Waals surface area contributed by atoms with Crippen LogP contribution >= 0.6 is 68.0 Å². The maximum absolute atomic E-state index is 14.2. The van der Waals surface area contributed by atoms with Gasteiger partial charge in [0.1, 0.15) is 82.0 Å². The number of carbonyl (C=O) groups is 6. The lowest BCUT2D eigenvalue weighted by Crippen LogP contribution is -2.43. The fourth-order valence-corrected chi connectivity index (χ4v) is 13.3. The zero-order valence-corrected chi connectivity index (χ0v) is 41.7. The summed E-state index contributed by atoms with van der Waals surface area (Å²) in [5.74, 6) is -3.48. The maximum atomic E-state index is 14.2. The summed E-state index contributed by atoms with van der Waals surface area (Å²) >= 11 is 6.98. The van der Waals surface area contributed by atoms with Crippen molar-refractivity contribution in [1.29, 1.82) is 0 Å². The molecular weight excluding hydrogens is 1030 g/mol. The standard InChI is InChI=1S/C45H36N12O8S6/c1-18-29(59)11-57-34(18)44-53-28(17-70-44)41-50-25(14-68-41)32-22(8-9-23(48-32)40-47-21(12-58)13-66-40)39-51-26(15-67-39)36(62)49-24(10-30(46)60)42-55-31(19(2)71-42)38(64)54-33(35(61)20-6-4-3-5-7-20)43-52-27(16-69-43)37(63)56-45(57)65/h3-9,12-18,24,29,33-35,59,61H,10-11H2,1-2H3,(H2,46,60)(H,49,62)(H,54,64)(H,56,63,65)/t18-,24-,29-,33-,34-,35+/m0/s1. The van der Waals surface area contributed by atoms with Gasteiger partial charge in [0.15, 0.2) is 6.29 Å². The molecule has 1 saturated heterocycles. The lowest BCUT2D eigenvalue weighted by atomic mass is 10.0. The molecular formula is C45H36N12O8S6. The number of carbonyl (C=O) groups excluding carboxylic acids is 6. The van der Waals surface area contributed by atoms with Crippen LogP contribution in [0, 0.1) is 12.8 Å². The number of fused-ring (bicyclic) bond motifs is 16. The largest absolute Gasteiger partial charge is 0.391 e. The number of aliphatic hydroxyl groups is 2. The van der Waals surface area contributed by atoms with Crippen LogP contribution in [0.3, 0.4) is 0 Å². The van der Waals surface area contributed by atoms with Gasteiger partial charge in [-0.05, 0) is 24.6 Å². The van der Waals surface area contributed by atoms with Crippen molar-refractivity contribution in [2.75, 3.05) is 6.54 Å². The molecule has 2 aliphatic rings. The smallest absolute Gasteiger partial charge is 0.325 e. The minimum absolute atomic E-state index is 0.00597. The average molecular weight is 1070 g/mol. The van der Waals surface area contributed by atoms with Gasteiger partial charge in [0.05, 0.1) is 30.3 Å². The third kappa shape index (κ3) is 9.54. The number of pyridine rings is 1. The average Bonchev–Trinajstić information content (AvgIpc) is 4.23. The Labute approximate surface area is 425 Å². The van der Waals surface area contributed by atoms with Gasteiger partial charge in [0.2, 0.25) is 5.91 Å². The lowest BCUT2D eigenvalue weighted by molar-refractivity contribution is -0.118. The topological polar surface area (TPSA) is 298 Å². The second kappa shape index (κ2) is 19.7. The fourth-order valence-electron chi connectivity index (χ4n) is 7.98. The van der Waals surface area contributed by atoms with E-state index >= 15 is 0 Å². The van der Waals surface area contributed by atoms with Crippen molar-refractivity contribution in [2.24, 2.45) is 11.7 Å². The molecule has 26 heteroatoms. The number of rotatable bonds is 6. The summed E-state index contributed by atoms with van der Waals surface area (Å²) in [4.78, 5) is 115. The highest BCUT2D eigenvalue weighted by Gasteiger charge is 2.44. The van der Waals surface area contributed by atoms with Gasteiger partial charge in [0.25, 0.3) is 17.7 Å². The van der Waals surface area contributed by atoms with Crippen molar-refractivity contribution >= 4 is 104 Å². The molecule has 0 saturated carbocycles. The summed E-state index contributed by atoms with van der Waals surface area (Å²) in [5, 5.41) is 41.2. The highest BCUT2D eigenvalue weighted by atomic mass is 32.1. The Hall–Kier alpha value is -6.91. The first-order valence-corrected chi connectivity index (χ1v) is 26.6. The van der Waals surface area contributed by atoms with E-state index < -0.39 is 65.9 Å². The van der Waals surface area contributed by atoms with Crippen LogP contribution in [0.5, 0.6) is 0 Å². The number of urea groups is 1. The van der Waals surface area contributed by atoms with Crippen molar-refractivity contribution in [3.05, 3.63) is 118 Å². The summed E-state index contributed by atoms with van der Waals surface area (Å²) in [6.45, 7) is 3.32. The minimum Gasteiger partial charge on any atom is -0.391 e. The Bertz CT molecular complexity index is 3380. The first kappa shape index (κ1) is 47.8. The van der Waals surface area contributed by atoms with E-state index in [1.54, 1.807) is 77.8 Å². The number of aldehydes is 1. The quantitative estimate of drug-likeness (QED) is 0.0985. The highest BCUT2D eigenvalue weighted by molar-refractivity contribution is 7.15. The molecule has 20 nitrogen and oxygen atoms in total. The Morgan fingerprint density at radius 3 is 2.20 bits per heavy atom. The number of amides is 6. The van der Waals surface area contributed by atoms with E-state index in [9.17, 15) is 39.0 Å². The van der Waals surface area contributed by atoms with Gasteiger partial charge in [-0.2, -0.15) is 0 Å². The van der Waals surface area contributed by atoms with E-state index in [1.165, 1.54) is 44.3 Å². The maximum Gasteiger partial charge on any atom is 0.325 e. The molecule has 10 rings (SSSR count). The Morgan fingerprint density at radius 1 is 0.746 bits per heavy atom. The number of aryl methyl sites for hydroxylation is 1. The van der Waals surface area contributed by atoms with Gasteiger partial charge in [0, 0.05) is 49.8 Å². The molecule has 0 aliphatic carbocycles. The summed E-state index contributed by atoms with van der Waals surface area (Å²) in [6, 6.07) is 8.16. The van der Waals surface area contributed by atoms with Gasteiger partial charge in [-0.1, -0.05) is 37.3 Å². The molecule has 6 amide bonds. The molecule has 9 heterocycles. The highest BCUT2D eigenvalue weighted by Crippen LogP contribution is 2.42. The van der Waals surface area contributed by atoms with Crippen LogP contribution in [-0.2, 0) is 4.79 Å². The van der Waals surface area contributed by atoms with E-state index in [4.69, 9.17) is 25.7 Å². The van der Waals surface area contributed by atoms with Gasteiger partial charge in [-0.15, -0.1) is 68.0 Å². The van der Waals surface area contributed by atoms with Crippen LogP contribution in [0.4, 0.5) is 4.79 Å². The molecule has 8 aromatic rings. The summed E-state index contributed by atoms with van der Waals surface area (Å²) in [6.07, 6.45) is -2.05. The normalized spacial score (nSPS) is 19.9. The van der Waals surface area contributed by atoms with E-state index in [2.05, 4.69) is 30.9 Å². The third-order valence-electron chi connectivity index (χ3n) is 11.6. The van der Waals surface area contributed by atoms with E-state index in [0.717, 1.165) is 34.0 Å². The summed E-state index contributed by atoms with van der Waals surface area (Å²) in [5.41, 5.74) is 8.40. The number of aromatic nitrogens is 7. The van der Waals surface area contributed by atoms with Crippen molar-refractivity contribution in [3.63, 3.8) is 0 Å². The van der Waals surface area contributed by atoms with Crippen LogP contribution in [0.15, 0.2) is 69.4 Å². The Balaban J connectivity index is 1.06. The van der Waals surface area contributed by atoms with Crippen molar-refractivity contribution < 1.29 is 39.0 Å². The second-order valence-corrected chi connectivity index (χ2v) is 21.8. The molecule has 0 unspecified atom stereocenters. The van der Waals surface area contributed by atoms with Gasteiger partial charge >= 0.3 is 6.03 Å². The molecule has 1 aromatic carbocycles. The lowest BCUT2D eigenvalue weighted by Gasteiger charge is -2.24. The molecule has 2 aliphatic heterocycles. The number of primary amides is 1. The Morgan fingerprint density at radius 2 is 1.42 bits per heavy atom. The van der Waals surface area contributed by atoms with Crippen molar-refractivity contribution in [1.82, 2.24) is 55.7 Å². The molecule has 0 radical (unpaired) electrons. The first-order valence-electron chi connectivity index (χ1n) is 21.4. The summed E-state index contributed by atoms with van der Waals surface area (Å²) < 4.78 is 0. The zero-order chi connectivity index (χ0) is 49.7. The zero-order valence-electron chi connectivity index (χ0n) is 36.8. The number of imide groups is 1. The minimum atomic E-state index is -1.38. The number of benzene rings is 1. The molecule has 71 heavy (non-hydrogen) atoms. The predicted octanol–water partition coefficient (Wildman–Crippen LogP) is 6.38. The molecule has 1 fully saturated rings. The monoisotopic (exact) mass is 1060 g/mol. The predicted molar refractivity (Wildman–Crippen MR) is 266 cm³/mol. The van der Waals surface area contributed by atoms with E-state index in [-0.39, 0.29) is 45.8 Å². The third-order valence-corrected chi connectivity index (χ3v) is 17.1. The number of hydrogen-bond donors (Lipinski definition) is 6. The molecule has 0 spiro atoms. The summed E-state index contributed by atoms with van der Waals surface area (Å²) in [7, 11) is 0.